The van der Waals surface area contributed by atoms with Crippen LogP contribution in [0.5, 0.6) is 0 Å². The highest BCUT2D eigenvalue weighted by molar-refractivity contribution is 5.44. The monoisotopic (exact) mass is 197 g/mol. The maximum Gasteiger partial charge on any atom is 0.187 e. The molecule has 0 atom stereocenters. The number of aryl methyl sites for hydroxylation is 1. The van der Waals surface area contributed by atoms with Crippen molar-refractivity contribution in [3.8, 4) is 0 Å². The standard InChI is InChI=1S/C9H12FN3O/c1-2-7-8(10)9(12-5-11-7)13-3-6(14)4-13/h5-6,14H,2-4H2,1H3. The van der Waals surface area contributed by atoms with Gasteiger partial charge in [-0.3, -0.25) is 0 Å². The van der Waals surface area contributed by atoms with Gasteiger partial charge < -0.3 is 10.0 Å². The zero-order chi connectivity index (χ0) is 10.1. The van der Waals surface area contributed by atoms with Gasteiger partial charge in [0.1, 0.15) is 6.33 Å². The average molecular weight is 197 g/mol. The third-order valence-electron chi connectivity index (χ3n) is 2.34. The van der Waals surface area contributed by atoms with Gasteiger partial charge in [-0.25, -0.2) is 14.4 Å². The number of nitrogens with zero attached hydrogens (tertiary/aromatic N) is 3. The lowest BCUT2D eigenvalue weighted by molar-refractivity contribution is 0.140. The van der Waals surface area contributed by atoms with Crippen LogP contribution >= 0.6 is 0 Å². The largest absolute Gasteiger partial charge is 0.389 e. The fourth-order valence-electron chi connectivity index (χ4n) is 1.49. The molecule has 0 aliphatic carbocycles. The highest BCUT2D eigenvalue weighted by atomic mass is 19.1. The van der Waals surface area contributed by atoms with E-state index >= 15 is 0 Å². The van der Waals surface area contributed by atoms with Gasteiger partial charge in [0.2, 0.25) is 0 Å². The number of aliphatic hydroxyl groups excluding tert-OH is 1. The summed E-state index contributed by atoms with van der Waals surface area (Å²) >= 11 is 0. The van der Waals surface area contributed by atoms with E-state index in [4.69, 9.17) is 5.11 Å². The van der Waals surface area contributed by atoms with E-state index in [0.29, 0.717) is 31.0 Å². The lowest BCUT2D eigenvalue weighted by Crippen LogP contribution is -2.51. The third kappa shape index (κ3) is 1.43. The molecule has 1 saturated heterocycles. The summed E-state index contributed by atoms with van der Waals surface area (Å²) in [6.07, 6.45) is 1.56. The second-order valence-corrected chi connectivity index (χ2v) is 3.37. The molecule has 0 radical (unpaired) electrons. The zero-order valence-electron chi connectivity index (χ0n) is 7.94. The van der Waals surface area contributed by atoms with Crippen molar-refractivity contribution in [3.05, 3.63) is 17.8 Å². The summed E-state index contributed by atoms with van der Waals surface area (Å²) in [5.74, 6) is -0.0518. The Labute approximate surface area is 81.4 Å². The number of aromatic nitrogens is 2. The van der Waals surface area contributed by atoms with E-state index in [1.54, 1.807) is 4.90 Å². The van der Waals surface area contributed by atoms with E-state index in [1.165, 1.54) is 6.33 Å². The number of aliphatic hydroxyl groups is 1. The van der Waals surface area contributed by atoms with Crippen molar-refractivity contribution in [2.75, 3.05) is 18.0 Å². The van der Waals surface area contributed by atoms with Gasteiger partial charge in [-0.2, -0.15) is 0 Å². The predicted octanol–water partition coefficient (Wildman–Crippen LogP) is 0.359. The van der Waals surface area contributed by atoms with Gasteiger partial charge in [-0.1, -0.05) is 6.92 Å². The summed E-state index contributed by atoms with van der Waals surface area (Å²) in [7, 11) is 0. The molecule has 4 nitrogen and oxygen atoms in total. The van der Waals surface area contributed by atoms with Crippen LogP contribution in [0.15, 0.2) is 6.33 Å². The minimum absolute atomic E-state index is 0.308. The fourth-order valence-corrected chi connectivity index (χ4v) is 1.49. The summed E-state index contributed by atoms with van der Waals surface area (Å²) in [6.45, 7) is 2.76. The summed E-state index contributed by atoms with van der Waals surface area (Å²) in [6, 6.07) is 0. The summed E-state index contributed by atoms with van der Waals surface area (Å²) < 4.78 is 13.6. The number of hydrogen-bond donors (Lipinski definition) is 1. The van der Waals surface area contributed by atoms with Crippen LogP contribution in [0.4, 0.5) is 10.2 Å². The first-order chi connectivity index (χ1) is 6.72. The van der Waals surface area contributed by atoms with Gasteiger partial charge in [0.05, 0.1) is 11.8 Å². The van der Waals surface area contributed by atoms with Gasteiger partial charge in [0, 0.05) is 13.1 Å². The topological polar surface area (TPSA) is 49.2 Å². The fraction of sp³-hybridized carbons (Fsp3) is 0.556. The molecule has 1 aliphatic rings. The molecule has 0 amide bonds. The van der Waals surface area contributed by atoms with Gasteiger partial charge in [0.15, 0.2) is 11.6 Å². The molecule has 2 heterocycles. The molecule has 0 unspecified atom stereocenters. The number of halogens is 1. The van der Waals surface area contributed by atoms with Crippen molar-refractivity contribution in [2.24, 2.45) is 0 Å². The van der Waals surface area contributed by atoms with Crippen LogP contribution in [0.3, 0.4) is 0 Å². The SMILES string of the molecule is CCc1ncnc(N2CC(O)C2)c1F. The molecule has 1 aromatic rings. The van der Waals surface area contributed by atoms with Gasteiger partial charge >= 0.3 is 0 Å². The Hall–Kier alpha value is -1.23. The van der Waals surface area contributed by atoms with Gasteiger partial charge in [0.25, 0.3) is 0 Å². The van der Waals surface area contributed by atoms with E-state index in [2.05, 4.69) is 9.97 Å². The van der Waals surface area contributed by atoms with E-state index in [1.807, 2.05) is 6.92 Å². The Kier molecular flexibility index (Phi) is 2.33. The third-order valence-corrected chi connectivity index (χ3v) is 2.34. The molecule has 1 aliphatic heterocycles. The summed E-state index contributed by atoms with van der Waals surface area (Å²) in [5, 5.41) is 9.09. The minimum atomic E-state index is -0.359. The first kappa shape index (κ1) is 9.33. The van der Waals surface area contributed by atoms with Gasteiger partial charge in [-0.15, -0.1) is 0 Å². The lowest BCUT2D eigenvalue weighted by Gasteiger charge is -2.36. The molecule has 0 saturated carbocycles. The van der Waals surface area contributed by atoms with Crippen LogP contribution in [0.2, 0.25) is 0 Å². The average Bonchev–Trinajstić information content (AvgIpc) is 2.14. The molecule has 1 fully saturated rings. The molecule has 1 N–H and O–H groups in total. The van der Waals surface area contributed by atoms with Crippen LogP contribution in [0, 0.1) is 5.82 Å². The molecule has 14 heavy (non-hydrogen) atoms. The highest BCUT2D eigenvalue weighted by Crippen LogP contribution is 2.22. The molecular formula is C9H12FN3O. The Morgan fingerprint density at radius 2 is 2.29 bits per heavy atom. The number of rotatable bonds is 2. The van der Waals surface area contributed by atoms with Crippen molar-refractivity contribution in [1.82, 2.24) is 9.97 Å². The number of β-amino-alcohol motifs (C(OH)–C–C–N with tert-alkyl or cyclic N) is 1. The summed E-state index contributed by atoms with van der Waals surface area (Å²) in [4.78, 5) is 9.42. The van der Waals surface area contributed by atoms with E-state index in [9.17, 15) is 4.39 Å². The Morgan fingerprint density at radius 3 is 2.86 bits per heavy atom. The second kappa shape index (κ2) is 3.49. The smallest absolute Gasteiger partial charge is 0.187 e. The van der Waals surface area contributed by atoms with Crippen molar-refractivity contribution < 1.29 is 9.50 Å². The number of anilines is 1. The zero-order valence-corrected chi connectivity index (χ0v) is 7.94. The lowest BCUT2D eigenvalue weighted by atomic mass is 10.1. The molecule has 0 spiro atoms. The quantitative estimate of drug-likeness (QED) is 0.743. The van der Waals surface area contributed by atoms with Crippen molar-refractivity contribution in [1.29, 1.82) is 0 Å². The molecule has 5 heteroatoms. The van der Waals surface area contributed by atoms with Crippen molar-refractivity contribution in [2.45, 2.75) is 19.4 Å². The maximum absolute atomic E-state index is 13.6. The second-order valence-electron chi connectivity index (χ2n) is 3.37. The Balaban J connectivity index is 2.25. The molecule has 1 aromatic heterocycles. The van der Waals surface area contributed by atoms with Crippen LogP contribution in [-0.2, 0) is 6.42 Å². The maximum atomic E-state index is 13.6. The van der Waals surface area contributed by atoms with Crippen molar-refractivity contribution in [3.63, 3.8) is 0 Å². The molecular weight excluding hydrogens is 185 g/mol. The first-order valence-electron chi connectivity index (χ1n) is 4.64. The molecule has 0 aromatic carbocycles. The van der Waals surface area contributed by atoms with Crippen LogP contribution in [0.25, 0.3) is 0 Å². The summed E-state index contributed by atoms with van der Waals surface area (Å²) in [5.41, 5.74) is 0.427. The number of hydrogen-bond acceptors (Lipinski definition) is 4. The first-order valence-corrected chi connectivity index (χ1v) is 4.64. The Bertz CT molecular complexity index is 339. The molecule has 76 valence electrons. The highest BCUT2D eigenvalue weighted by Gasteiger charge is 2.28. The van der Waals surface area contributed by atoms with Crippen molar-refractivity contribution >= 4 is 5.82 Å². The van der Waals surface area contributed by atoms with E-state index in [-0.39, 0.29) is 11.9 Å². The predicted molar refractivity (Wildman–Crippen MR) is 49.6 cm³/mol. The van der Waals surface area contributed by atoms with Crippen LogP contribution in [-0.4, -0.2) is 34.3 Å². The normalized spacial score (nSPS) is 16.9. The minimum Gasteiger partial charge on any atom is -0.389 e. The van der Waals surface area contributed by atoms with Crippen LogP contribution in [0.1, 0.15) is 12.6 Å². The van der Waals surface area contributed by atoms with Crippen LogP contribution < -0.4 is 4.90 Å². The van der Waals surface area contributed by atoms with Gasteiger partial charge in [-0.05, 0) is 6.42 Å². The molecule has 0 bridgehead atoms. The van der Waals surface area contributed by atoms with E-state index in [0.717, 1.165) is 0 Å². The Morgan fingerprint density at radius 1 is 1.57 bits per heavy atom. The molecule has 2 rings (SSSR count). The van der Waals surface area contributed by atoms with E-state index < -0.39 is 0 Å².